The topological polar surface area (TPSA) is 163 Å². The van der Waals surface area contributed by atoms with Crippen molar-refractivity contribution in [1.29, 1.82) is 0 Å². The van der Waals surface area contributed by atoms with E-state index in [9.17, 15) is 19.2 Å². The Balaban J connectivity index is 1.72. The van der Waals surface area contributed by atoms with Crippen LogP contribution in [0.3, 0.4) is 0 Å². The summed E-state index contributed by atoms with van der Waals surface area (Å²) in [7, 11) is 0. The average Bonchev–Trinajstić information content (AvgIpc) is 3.28. The highest BCUT2D eigenvalue weighted by molar-refractivity contribution is 8.00. The molecule has 1 fully saturated rings. The van der Waals surface area contributed by atoms with Crippen LogP contribution in [0.25, 0.3) is 0 Å². The van der Waals surface area contributed by atoms with E-state index >= 15 is 0 Å². The number of oxime groups is 1. The first-order valence-electron chi connectivity index (χ1n) is 10.8. The number of ether oxygens (including phenoxy) is 2. The molecule has 37 heavy (non-hydrogen) atoms. The molecule has 0 aromatic carbocycles. The number of nitrogens with one attached hydrogen (secondary N) is 1. The zero-order valence-electron chi connectivity index (χ0n) is 20.6. The number of amides is 2. The Morgan fingerprint density at radius 2 is 2.11 bits per heavy atom. The molecular formula is C22H27N5O7S3. The lowest BCUT2D eigenvalue weighted by atomic mass is 9.98. The molecule has 0 spiro atoms. The summed E-state index contributed by atoms with van der Waals surface area (Å²) < 4.78 is 10.1. The molecule has 15 heteroatoms. The SMILES string of the molecule is C=CC1=C(C(=O)OCOC(=O)C(C)(C)C)N2C(=O)C(NC(=O)C(=NOCSC)c3csc(N)n3)[C@H]2SC1. The van der Waals surface area contributed by atoms with Crippen LogP contribution < -0.4 is 11.1 Å². The number of thiazole rings is 1. The van der Waals surface area contributed by atoms with Gasteiger partial charge in [-0.3, -0.25) is 19.3 Å². The molecule has 2 aliphatic heterocycles. The van der Waals surface area contributed by atoms with Crippen molar-refractivity contribution in [1.82, 2.24) is 15.2 Å². The molecule has 12 nitrogen and oxygen atoms in total. The largest absolute Gasteiger partial charge is 0.427 e. The number of thioether (sulfide) groups is 2. The summed E-state index contributed by atoms with van der Waals surface area (Å²) in [4.78, 5) is 61.3. The number of nitrogens with two attached hydrogens (primary N) is 1. The minimum atomic E-state index is -0.938. The number of β-lactam (4-membered cyclic amide) rings is 1. The van der Waals surface area contributed by atoms with Gasteiger partial charge >= 0.3 is 11.9 Å². The Bertz CT molecular complexity index is 1160. The summed E-state index contributed by atoms with van der Waals surface area (Å²) in [6, 6.07) is -0.938. The number of nitrogens with zero attached hydrogens (tertiary/aromatic N) is 3. The van der Waals surface area contributed by atoms with Crippen LogP contribution in [0.1, 0.15) is 26.5 Å². The first-order valence-corrected chi connectivity index (χ1v) is 14.2. The highest BCUT2D eigenvalue weighted by atomic mass is 32.2. The molecule has 2 aliphatic rings. The van der Waals surface area contributed by atoms with Crippen LogP contribution in [0.15, 0.2) is 34.5 Å². The maximum absolute atomic E-state index is 13.1. The third-order valence-corrected chi connectivity index (χ3v) is 7.34. The fourth-order valence-corrected chi connectivity index (χ4v) is 5.21. The Kier molecular flexibility index (Phi) is 9.26. The molecule has 1 saturated heterocycles. The molecular weight excluding hydrogens is 542 g/mol. The molecule has 0 saturated carbocycles. The standard InChI is InChI=1S/C22H27N5O7S3/c1-6-11-7-36-18-14(25-16(28)13(26-34-10-35-5)12-8-37-21(23)24-12)17(29)27(18)15(11)19(30)32-9-33-20(31)22(2,3)4/h6,8,14,18H,1,7,9-10H2,2-5H3,(H2,23,24)(H,25,28)/t14?,18-/m1/s1. The van der Waals surface area contributed by atoms with Gasteiger partial charge < -0.3 is 25.4 Å². The van der Waals surface area contributed by atoms with E-state index in [2.05, 4.69) is 22.0 Å². The van der Waals surface area contributed by atoms with Crippen molar-refractivity contribution in [3.63, 3.8) is 0 Å². The molecule has 3 heterocycles. The van der Waals surface area contributed by atoms with Crippen molar-refractivity contribution in [2.75, 3.05) is 30.5 Å². The number of rotatable bonds is 10. The van der Waals surface area contributed by atoms with Crippen molar-refractivity contribution >= 4 is 69.5 Å². The minimum Gasteiger partial charge on any atom is -0.427 e. The summed E-state index contributed by atoms with van der Waals surface area (Å²) in [5, 5.41) is 7.75. The van der Waals surface area contributed by atoms with Gasteiger partial charge in [0.1, 0.15) is 22.8 Å². The van der Waals surface area contributed by atoms with Gasteiger partial charge in [0.05, 0.1) is 5.41 Å². The predicted octanol–water partition coefficient (Wildman–Crippen LogP) is 1.70. The number of fused-ring (bicyclic) bond motifs is 1. The minimum absolute atomic E-state index is 0.00877. The van der Waals surface area contributed by atoms with Gasteiger partial charge in [0.2, 0.25) is 6.79 Å². The molecule has 2 amide bonds. The van der Waals surface area contributed by atoms with E-state index < -0.39 is 47.4 Å². The second kappa shape index (κ2) is 12.0. The second-order valence-corrected chi connectivity index (χ2v) is 11.5. The van der Waals surface area contributed by atoms with Gasteiger partial charge in [-0.1, -0.05) is 17.8 Å². The molecule has 1 unspecified atom stereocenters. The summed E-state index contributed by atoms with van der Waals surface area (Å²) in [5.41, 5.74) is 5.48. The smallest absolute Gasteiger partial charge is 0.358 e. The first-order chi connectivity index (χ1) is 17.5. The van der Waals surface area contributed by atoms with Crippen molar-refractivity contribution < 1.29 is 33.5 Å². The van der Waals surface area contributed by atoms with E-state index in [0.29, 0.717) is 11.3 Å². The fraction of sp³-hybridized carbons (Fsp3) is 0.455. The van der Waals surface area contributed by atoms with Crippen LogP contribution in [-0.2, 0) is 33.5 Å². The lowest BCUT2D eigenvalue weighted by Gasteiger charge is -2.49. The Morgan fingerprint density at radius 3 is 2.70 bits per heavy atom. The maximum Gasteiger partial charge on any atom is 0.358 e. The van der Waals surface area contributed by atoms with Crippen molar-refractivity contribution in [3.8, 4) is 0 Å². The van der Waals surface area contributed by atoms with Crippen molar-refractivity contribution in [3.05, 3.63) is 35.0 Å². The van der Waals surface area contributed by atoms with Gasteiger partial charge in [-0.15, -0.1) is 34.9 Å². The molecule has 1 aromatic heterocycles. The van der Waals surface area contributed by atoms with E-state index in [-0.39, 0.29) is 28.2 Å². The molecule has 3 N–H and O–H groups in total. The van der Waals surface area contributed by atoms with Crippen LogP contribution in [0.4, 0.5) is 5.13 Å². The maximum atomic E-state index is 13.1. The lowest BCUT2D eigenvalue weighted by molar-refractivity contribution is -0.173. The molecule has 3 rings (SSSR count). The van der Waals surface area contributed by atoms with Gasteiger partial charge in [0.15, 0.2) is 16.8 Å². The van der Waals surface area contributed by atoms with E-state index in [4.69, 9.17) is 20.0 Å². The number of nitrogen functional groups attached to an aromatic ring is 1. The normalized spacial score (nSPS) is 19.5. The van der Waals surface area contributed by atoms with E-state index in [1.54, 1.807) is 32.4 Å². The van der Waals surface area contributed by atoms with Gasteiger partial charge in [0, 0.05) is 11.1 Å². The molecule has 0 aliphatic carbocycles. The zero-order chi connectivity index (χ0) is 27.3. The quantitative estimate of drug-likeness (QED) is 0.105. The predicted molar refractivity (Wildman–Crippen MR) is 141 cm³/mol. The number of esters is 2. The van der Waals surface area contributed by atoms with Crippen LogP contribution in [0, 0.1) is 5.41 Å². The monoisotopic (exact) mass is 569 g/mol. The number of carbonyl (C=O) groups is 4. The number of carbonyl (C=O) groups excluding carboxylic acids is 4. The van der Waals surface area contributed by atoms with Gasteiger partial charge in [-0.05, 0) is 32.6 Å². The zero-order valence-corrected chi connectivity index (χ0v) is 23.1. The molecule has 1 aromatic rings. The third-order valence-electron chi connectivity index (χ3n) is 5.02. The second-order valence-electron chi connectivity index (χ2n) is 8.72. The Labute approximate surface area is 226 Å². The van der Waals surface area contributed by atoms with Gasteiger partial charge in [0.25, 0.3) is 11.8 Å². The van der Waals surface area contributed by atoms with Crippen molar-refractivity contribution in [2.45, 2.75) is 32.2 Å². The first kappa shape index (κ1) is 28.5. The Morgan fingerprint density at radius 1 is 1.38 bits per heavy atom. The molecule has 0 bridgehead atoms. The lowest BCUT2D eigenvalue weighted by Crippen LogP contribution is -2.71. The average molecular weight is 570 g/mol. The Hall–Kier alpha value is -3.04. The highest BCUT2D eigenvalue weighted by Gasteiger charge is 2.54. The summed E-state index contributed by atoms with van der Waals surface area (Å²) in [6.45, 7) is 8.11. The number of hydrogen-bond donors (Lipinski definition) is 2. The molecule has 200 valence electrons. The summed E-state index contributed by atoms with van der Waals surface area (Å²) >= 11 is 3.84. The fourth-order valence-electron chi connectivity index (χ4n) is 3.16. The summed E-state index contributed by atoms with van der Waals surface area (Å²) in [5.74, 6) is -2.04. The molecule has 0 radical (unpaired) electrons. The van der Waals surface area contributed by atoms with E-state index in [1.807, 2.05) is 0 Å². The molecule has 2 atom stereocenters. The number of allylic oxidation sites excluding steroid dienone is 1. The van der Waals surface area contributed by atoms with Crippen LogP contribution in [0.2, 0.25) is 0 Å². The third kappa shape index (κ3) is 6.45. The number of hydrogen-bond acceptors (Lipinski definition) is 13. The van der Waals surface area contributed by atoms with E-state index in [0.717, 1.165) is 11.3 Å². The van der Waals surface area contributed by atoms with Crippen LogP contribution in [-0.4, -0.2) is 75.5 Å². The van der Waals surface area contributed by atoms with Crippen LogP contribution >= 0.6 is 34.9 Å². The van der Waals surface area contributed by atoms with Crippen LogP contribution in [0.5, 0.6) is 0 Å². The van der Waals surface area contributed by atoms with Crippen molar-refractivity contribution in [2.24, 2.45) is 10.6 Å². The van der Waals surface area contributed by atoms with Gasteiger partial charge in [-0.2, -0.15) is 0 Å². The number of anilines is 1. The summed E-state index contributed by atoms with van der Waals surface area (Å²) in [6.07, 6.45) is 3.26. The number of aromatic nitrogens is 1. The van der Waals surface area contributed by atoms with E-state index in [1.165, 1.54) is 34.5 Å². The highest BCUT2D eigenvalue weighted by Crippen LogP contribution is 2.41. The van der Waals surface area contributed by atoms with Gasteiger partial charge in [-0.25, -0.2) is 9.78 Å².